The van der Waals surface area contributed by atoms with Crippen LogP contribution in [0.4, 0.5) is 10.1 Å². The lowest BCUT2D eigenvalue weighted by Gasteiger charge is -2.17. The van der Waals surface area contributed by atoms with E-state index in [1.807, 2.05) is 13.8 Å². The van der Waals surface area contributed by atoms with Crippen LogP contribution >= 0.6 is 0 Å². The molecule has 0 fully saturated rings. The van der Waals surface area contributed by atoms with E-state index in [4.69, 9.17) is 10.5 Å². The second-order valence-corrected chi connectivity index (χ2v) is 5.02. The van der Waals surface area contributed by atoms with Crippen LogP contribution in [0.1, 0.15) is 44.0 Å². The number of benzene rings is 1. The number of rotatable bonds is 6. The van der Waals surface area contributed by atoms with Gasteiger partial charge in [0.2, 0.25) is 0 Å². The standard InChI is InChI=1S/C15H21FN2O3/c1-4-5-9(2)18-14(19)10(3)21-15(20)11-6-12(16)8-13(17)7-11/h6-10H,4-5,17H2,1-3H3,(H,18,19). The molecule has 2 atom stereocenters. The lowest BCUT2D eigenvalue weighted by molar-refractivity contribution is -0.129. The summed E-state index contributed by atoms with van der Waals surface area (Å²) in [6.07, 6.45) is 0.826. The number of carbonyl (C=O) groups is 2. The number of carbonyl (C=O) groups excluding carboxylic acids is 2. The Morgan fingerprint density at radius 3 is 2.57 bits per heavy atom. The Morgan fingerprint density at radius 1 is 1.33 bits per heavy atom. The number of hydrogen-bond donors (Lipinski definition) is 2. The van der Waals surface area contributed by atoms with E-state index in [1.54, 1.807) is 0 Å². The van der Waals surface area contributed by atoms with Crippen molar-refractivity contribution in [1.82, 2.24) is 5.32 Å². The van der Waals surface area contributed by atoms with E-state index in [1.165, 1.54) is 13.0 Å². The molecule has 21 heavy (non-hydrogen) atoms. The first-order valence-corrected chi connectivity index (χ1v) is 6.91. The molecule has 0 aromatic heterocycles. The van der Waals surface area contributed by atoms with Gasteiger partial charge in [0.1, 0.15) is 5.82 Å². The van der Waals surface area contributed by atoms with Gasteiger partial charge in [0.25, 0.3) is 5.91 Å². The molecule has 0 radical (unpaired) electrons. The highest BCUT2D eigenvalue weighted by Crippen LogP contribution is 2.12. The van der Waals surface area contributed by atoms with Gasteiger partial charge in [-0.15, -0.1) is 0 Å². The first-order valence-electron chi connectivity index (χ1n) is 6.91. The highest BCUT2D eigenvalue weighted by atomic mass is 19.1. The molecular formula is C15H21FN2O3. The van der Waals surface area contributed by atoms with Crippen molar-refractivity contribution in [3.63, 3.8) is 0 Å². The predicted octanol–water partition coefficient (Wildman–Crippen LogP) is 2.26. The number of hydrogen-bond acceptors (Lipinski definition) is 4. The number of anilines is 1. The largest absolute Gasteiger partial charge is 0.449 e. The molecule has 116 valence electrons. The Labute approximate surface area is 123 Å². The third kappa shape index (κ3) is 5.41. The quantitative estimate of drug-likeness (QED) is 0.623. The van der Waals surface area contributed by atoms with E-state index in [0.717, 1.165) is 25.0 Å². The van der Waals surface area contributed by atoms with Crippen molar-refractivity contribution < 1.29 is 18.7 Å². The summed E-state index contributed by atoms with van der Waals surface area (Å²) in [4.78, 5) is 23.7. The van der Waals surface area contributed by atoms with Crippen LogP contribution in [0, 0.1) is 5.82 Å². The highest BCUT2D eigenvalue weighted by molar-refractivity contribution is 5.93. The molecule has 0 spiro atoms. The van der Waals surface area contributed by atoms with Gasteiger partial charge in [-0.2, -0.15) is 0 Å². The van der Waals surface area contributed by atoms with Crippen molar-refractivity contribution >= 4 is 17.6 Å². The van der Waals surface area contributed by atoms with Crippen molar-refractivity contribution in [3.05, 3.63) is 29.6 Å². The van der Waals surface area contributed by atoms with E-state index in [-0.39, 0.29) is 23.2 Å². The van der Waals surface area contributed by atoms with Gasteiger partial charge in [-0.05, 0) is 38.5 Å². The third-order valence-corrected chi connectivity index (χ3v) is 2.92. The molecule has 3 N–H and O–H groups in total. The van der Waals surface area contributed by atoms with E-state index < -0.39 is 17.9 Å². The molecule has 0 saturated carbocycles. The van der Waals surface area contributed by atoms with Gasteiger partial charge in [-0.3, -0.25) is 4.79 Å². The number of ether oxygens (including phenoxy) is 1. The van der Waals surface area contributed by atoms with Gasteiger partial charge < -0.3 is 15.8 Å². The maximum Gasteiger partial charge on any atom is 0.339 e. The Balaban J connectivity index is 2.63. The monoisotopic (exact) mass is 296 g/mol. The summed E-state index contributed by atoms with van der Waals surface area (Å²) in [7, 11) is 0. The molecule has 6 heteroatoms. The van der Waals surface area contributed by atoms with Crippen LogP contribution in [0.2, 0.25) is 0 Å². The number of nitrogens with two attached hydrogens (primary N) is 1. The van der Waals surface area contributed by atoms with E-state index >= 15 is 0 Å². The minimum absolute atomic E-state index is 0.00784. The fourth-order valence-electron chi connectivity index (χ4n) is 1.88. The Bertz CT molecular complexity index is 499. The highest BCUT2D eigenvalue weighted by Gasteiger charge is 2.20. The van der Waals surface area contributed by atoms with Crippen LogP contribution in [0.3, 0.4) is 0 Å². The molecule has 2 unspecified atom stereocenters. The first-order chi connectivity index (χ1) is 9.83. The van der Waals surface area contributed by atoms with Crippen molar-refractivity contribution in [3.8, 4) is 0 Å². The lowest BCUT2D eigenvalue weighted by Crippen LogP contribution is -2.40. The van der Waals surface area contributed by atoms with E-state index in [2.05, 4.69) is 5.32 Å². The zero-order valence-electron chi connectivity index (χ0n) is 12.5. The molecule has 0 bridgehead atoms. The van der Waals surface area contributed by atoms with Crippen molar-refractivity contribution in [1.29, 1.82) is 0 Å². The van der Waals surface area contributed by atoms with Crippen LogP contribution in [-0.4, -0.2) is 24.0 Å². The molecule has 1 aromatic rings. The molecular weight excluding hydrogens is 275 g/mol. The number of amides is 1. The lowest BCUT2D eigenvalue weighted by atomic mass is 10.2. The molecule has 0 aliphatic rings. The third-order valence-electron chi connectivity index (χ3n) is 2.92. The number of esters is 1. The van der Waals surface area contributed by atoms with Crippen LogP contribution < -0.4 is 11.1 Å². The molecule has 0 saturated heterocycles. The summed E-state index contributed by atoms with van der Waals surface area (Å²) < 4.78 is 18.2. The van der Waals surface area contributed by atoms with Gasteiger partial charge in [0, 0.05) is 11.7 Å². The summed E-state index contributed by atoms with van der Waals surface area (Å²) in [6, 6.07) is 3.42. The predicted molar refractivity (Wildman–Crippen MR) is 78.2 cm³/mol. The average Bonchev–Trinajstić information content (AvgIpc) is 2.37. The van der Waals surface area contributed by atoms with Crippen molar-refractivity contribution in [2.45, 2.75) is 45.8 Å². The fraction of sp³-hybridized carbons (Fsp3) is 0.467. The maximum absolute atomic E-state index is 13.2. The van der Waals surface area contributed by atoms with Crippen LogP contribution in [0.15, 0.2) is 18.2 Å². The average molecular weight is 296 g/mol. The SMILES string of the molecule is CCCC(C)NC(=O)C(C)OC(=O)c1cc(N)cc(F)c1. The zero-order valence-corrected chi connectivity index (χ0v) is 12.5. The summed E-state index contributed by atoms with van der Waals surface area (Å²) >= 11 is 0. The maximum atomic E-state index is 13.2. The summed E-state index contributed by atoms with van der Waals surface area (Å²) in [5, 5.41) is 2.75. The fourth-order valence-corrected chi connectivity index (χ4v) is 1.88. The minimum Gasteiger partial charge on any atom is -0.449 e. The Hall–Kier alpha value is -2.11. The molecule has 1 aromatic carbocycles. The van der Waals surface area contributed by atoms with Crippen LogP contribution in [0.5, 0.6) is 0 Å². The number of nitrogen functional groups attached to an aromatic ring is 1. The Morgan fingerprint density at radius 2 is 2.00 bits per heavy atom. The number of nitrogens with one attached hydrogen (secondary N) is 1. The van der Waals surface area contributed by atoms with Gasteiger partial charge in [-0.25, -0.2) is 9.18 Å². The Kier molecular flexibility index (Phi) is 6.14. The normalized spacial score (nSPS) is 13.3. The first kappa shape index (κ1) is 16.9. The zero-order chi connectivity index (χ0) is 16.0. The molecule has 0 aliphatic heterocycles. The summed E-state index contributed by atoms with van der Waals surface area (Å²) in [6.45, 7) is 5.36. The minimum atomic E-state index is -0.957. The van der Waals surface area contributed by atoms with Crippen molar-refractivity contribution in [2.24, 2.45) is 0 Å². The molecule has 0 heterocycles. The van der Waals surface area contributed by atoms with Crippen LogP contribution in [0.25, 0.3) is 0 Å². The number of halogens is 1. The van der Waals surface area contributed by atoms with E-state index in [0.29, 0.717) is 0 Å². The molecule has 5 nitrogen and oxygen atoms in total. The topological polar surface area (TPSA) is 81.4 Å². The summed E-state index contributed by atoms with van der Waals surface area (Å²) in [5.74, 6) is -1.80. The van der Waals surface area contributed by atoms with Gasteiger partial charge in [0.15, 0.2) is 6.10 Å². The molecule has 1 rings (SSSR count). The second-order valence-electron chi connectivity index (χ2n) is 5.02. The van der Waals surface area contributed by atoms with Gasteiger partial charge in [-0.1, -0.05) is 13.3 Å². The van der Waals surface area contributed by atoms with Gasteiger partial charge >= 0.3 is 5.97 Å². The molecule has 0 aliphatic carbocycles. The van der Waals surface area contributed by atoms with E-state index in [9.17, 15) is 14.0 Å². The summed E-state index contributed by atoms with van der Waals surface area (Å²) in [5.41, 5.74) is 5.56. The van der Waals surface area contributed by atoms with Crippen LogP contribution in [-0.2, 0) is 9.53 Å². The van der Waals surface area contributed by atoms with Crippen molar-refractivity contribution in [2.75, 3.05) is 5.73 Å². The molecule has 1 amide bonds. The second kappa shape index (κ2) is 7.61. The van der Waals surface area contributed by atoms with Gasteiger partial charge in [0.05, 0.1) is 5.56 Å². The smallest absolute Gasteiger partial charge is 0.339 e.